The summed E-state index contributed by atoms with van der Waals surface area (Å²) in [5.74, 6) is 0. The number of hydrogen-bond donors (Lipinski definition) is 0. The number of benzene rings is 1. The summed E-state index contributed by atoms with van der Waals surface area (Å²) < 4.78 is 5.47. The Labute approximate surface area is 102 Å². The normalized spacial score (nSPS) is 10.5. The van der Waals surface area contributed by atoms with Gasteiger partial charge in [0.2, 0.25) is 0 Å². The van der Waals surface area contributed by atoms with E-state index in [1.807, 2.05) is 29.6 Å². The van der Waals surface area contributed by atoms with Gasteiger partial charge in [0.05, 0.1) is 18.2 Å². The number of aromatic nitrogens is 1. The first kappa shape index (κ1) is 10.1. The van der Waals surface area contributed by atoms with E-state index in [1.54, 1.807) is 6.26 Å². The Morgan fingerprint density at radius 1 is 1.35 bits per heavy atom. The van der Waals surface area contributed by atoms with Gasteiger partial charge < -0.3 is 4.42 Å². The number of nitriles is 1. The van der Waals surface area contributed by atoms with E-state index in [9.17, 15) is 0 Å². The maximum absolute atomic E-state index is 8.63. The van der Waals surface area contributed by atoms with E-state index in [0.717, 1.165) is 27.2 Å². The zero-order valence-electron chi connectivity index (χ0n) is 8.88. The molecule has 0 saturated heterocycles. The van der Waals surface area contributed by atoms with Crippen molar-refractivity contribution in [2.45, 2.75) is 6.42 Å². The summed E-state index contributed by atoms with van der Waals surface area (Å²) in [4.78, 5) is 4.43. The van der Waals surface area contributed by atoms with Crippen molar-refractivity contribution in [2.75, 3.05) is 0 Å². The lowest BCUT2D eigenvalue weighted by Gasteiger charge is -1.91. The van der Waals surface area contributed by atoms with Crippen molar-refractivity contribution in [2.24, 2.45) is 0 Å². The number of furan rings is 1. The Balaban J connectivity index is 2.11. The largest absolute Gasteiger partial charge is 0.464 e. The topological polar surface area (TPSA) is 49.8 Å². The average Bonchev–Trinajstić information content (AvgIpc) is 2.95. The van der Waals surface area contributed by atoms with Crippen LogP contribution in [0.1, 0.15) is 5.01 Å². The third-order valence-corrected chi connectivity index (χ3v) is 3.39. The van der Waals surface area contributed by atoms with Crippen LogP contribution in [0, 0.1) is 11.3 Å². The van der Waals surface area contributed by atoms with Crippen molar-refractivity contribution in [1.29, 1.82) is 5.26 Å². The second kappa shape index (κ2) is 4.04. The third kappa shape index (κ3) is 1.71. The zero-order valence-corrected chi connectivity index (χ0v) is 9.70. The zero-order chi connectivity index (χ0) is 11.7. The molecule has 3 nitrogen and oxygen atoms in total. The number of thiazole rings is 1. The van der Waals surface area contributed by atoms with Gasteiger partial charge in [0.25, 0.3) is 0 Å². The lowest BCUT2D eigenvalue weighted by Crippen LogP contribution is -1.80. The van der Waals surface area contributed by atoms with Crippen LogP contribution in [-0.4, -0.2) is 4.98 Å². The molecular weight excluding hydrogens is 232 g/mol. The van der Waals surface area contributed by atoms with E-state index >= 15 is 0 Å². The minimum atomic E-state index is 0.362. The monoisotopic (exact) mass is 240 g/mol. The number of nitrogens with zero attached hydrogens (tertiary/aromatic N) is 2. The van der Waals surface area contributed by atoms with Crippen LogP contribution in [0.5, 0.6) is 0 Å². The summed E-state index contributed by atoms with van der Waals surface area (Å²) in [6.07, 6.45) is 2.08. The van der Waals surface area contributed by atoms with Crippen LogP contribution in [0.4, 0.5) is 0 Å². The molecule has 3 rings (SSSR count). The molecular formula is C13H8N2OS. The molecule has 0 radical (unpaired) electrons. The molecule has 0 unspecified atom stereocenters. The highest BCUT2D eigenvalue weighted by Gasteiger charge is 2.10. The number of hydrogen-bond acceptors (Lipinski definition) is 4. The predicted octanol–water partition coefficient (Wildman–Crippen LogP) is 3.62. The van der Waals surface area contributed by atoms with Gasteiger partial charge in [-0.3, -0.25) is 0 Å². The molecule has 4 heteroatoms. The molecule has 0 amide bonds. The number of para-hydroxylation sites is 1. The lowest BCUT2D eigenvalue weighted by molar-refractivity contribution is 0.617. The molecule has 0 atom stereocenters. The Morgan fingerprint density at radius 2 is 2.24 bits per heavy atom. The van der Waals surface area contributed by atoms with Crippen LogP contribution < -0.4 is 0 Å². The second-order valence-corrected chi connectivity index (χ2v) is 4.55. The average molecular weight is 240 g/mol. The molecule has 0 spiro atoms. The highest BCUT2D eigenvalue weighted by Crippen LogP contribution is 2.31. The summed E-state index contributed by atoms with van der Waals surface area (Å²) in [7, 11) is 0. The Kier molecular flexibility index (Phi) is 2.39. The Bertz CT molecular complexity index is 705. The van der Waals surface area contributed by atoms with Gasteiger partial charge in [-0.25, -0.2) is 4.98 Å². The van der Waals surface area contributed by atoms with Crippen LogP contribution in [0.3, 0.4) is 0 Å². The van der Waals surface area contributed by atoms with Crippen molar-refractivity contribution in [3.8, 4) is 17.3 Å². The molecule has 17 heavy (non-hydrogen) atoms. The second-order valence-electron chi connectivity index (χ2n) is 3.61. The van der Waals surface area contributed by atoms with Crippen LogP contribution in [0.25, 0.3) is 22.2 Å². The smallest absolute Gasteiger partial charge is 0.134 e. The van der Waals surface area contributed by atoms with E-state index in [2.05, 4.69) is 11.1 Å². The molecule has 0 aliphatic carbocycles. The van der Waals surface area contributed by atoms with Crippen LogP contribution in [0.15, 0.2) is 40.3 Å². The van der Waals surface area contributed by atoms with Gasteiger partial charge >= 0.3 is 0 Å². The fraction of sp³-hybridized carbons (Fsp3) is 0.0769. The molecule has 2 heterocycles. The van der Waals surface area contributed by atoms with E-state index in [4.69, 9.17) is 9.68 Å². The summed E-state index contributed by atoms with van der Waals surface area (Å²) in [6, 6.07) is 9.97. The van der Waals surface area contributed by atoms with Crippen LogP contribution in [-0.2, 0) is 6.42 Å². The fourth-order valence-corrected chi connectivity index (χ4v) is 2.49. The first-order valence-electron chi connectivity index (χ1n) is 5.16. The Morgan fingerprint density at radius 3 is 3.12 bits per heavy atom. The van der Waals surface area contributed by atoms with E-state index in [0.29, 0.717) is 6.42 Å². The molecule has 2 aromatic heterocycles. The van der Waals surface area contributed by atoms with Gasteiger partial charge in [0.15, 0.2) is 0 Å². The first-order chi connectivity index (χ1) is 8.38. The van der Waals surface area contributed by atoms with Crippen molar-refractivity contribution in [3.63, 3.8) is 0 Å². The molecule has 82 valence electrons. The SMILES string of the molecule is N#CCc1nc(-c2coc3ccccc23)cs1. The van der Waals surface area contributed by atoms with Gasteiger partial charge in [-0.15, -0.1) is 11.3 Å². The maximum Gasteiger partial charge on any atom is 0.134 e. The molecule has 0 fully saturated rings. The third-order valence-electron chi connectivity index (χ3n) is 2.54. The summed E-state index contributed by atoms with van der Waals surface area (Å²) in [6.45, 7) is 0. The van der Waals surface area contributed by atoms with Gasteiger partial charge in [0, 0.05) is 16.3 Å². The molecule has 0 bridgehead atoms. The quantitative estimate of drug-likeness (QED) is 0.687. The summed E-state index contributed by atoms with van der Waals surface area (Å²) in [5.41, 5.74) is 2.73. The fourth-order valence-electron chi connectivity index (χ4n) is 1.76. The summed E-state index contributed by atoms with van der Waals surface area (Å²) >= 11 is 1.51. The first-order valence-corrected chi connectivity index (χ1v) is 6.04. The van der Waals surface area contributed by atoms with Gasteiger partial charge in [0.1, 0.15) is 16.9 Å². The maximum atomic E-state index is 8.63. The predicted molar refractivity (Wildman–Crippen MR) is 66.6 cm³/mol. The van der Waals surface area contributed by atoms with Crippen LogP contribution in [0.2, 0.25) is 0 Å². The Hall–Kier alpha value is -2.12. The molecule has 3 aromatic rings. The van der Waals surface area contributed by atoms with Crippen molar-refractivity contribution in [3.05, 3.63) is 40.9 Å². The highest BCUT2D eigenvalue weighted by atomic mass is 32.1. The number of fused-ring (bicyclic) bond motifs is 1. The van der Waals surface area contributed by atoms with Crippen molar-refractivity contribution < 1.29 is 4.42 Å². The highest BCUT2D eigenvalue weighted by molar-refractivity contribution is 7.10. The van der Waals surface area contributed by atoms with Gasteiger partial charge in [-0.1, -0.05) is 18.2 Å². The molecule has 0 aliphatic heterocycles. The molecule has 1 aromatic carbocycles. The lowest BCUT2D eigenvalue weighted by atomic mass is 10.1. The summed E-state index contributed by atoms with van der Waals surface area (Å²) in [5, 5.41) is 12.5. The number of rotatable bonds is 2. The molecule has 0 aliphatic rings. The van der Waals surface area contributed by atoms with E-state index < -0.39 is 0 Å². The molecule has 0 saturated carbocycles. The van der Waals surface area contributed by atoms with Gasteiger partial charge in [-0.05, 0) is 6.07 Å². The van der Waals surface area contributed by atoms with Gasteiger partial charge in [-0.2, -0.15) is 5.26 Å². The minimum Gasteiger partial charge on any atom is -0.464 e. The van der Waals surface area contributed by atoms with Crippen molar-refractivity contribution >= 4 is 22.3 Å². The van der Waals surface area contributed by atoms with E-state index in [-0.39, 0.29) is 0 Å². The van der Waals surface area contributed by atoms with Crippen LogP contribution >= 0.6 is 11.3 Å². The molecule has 0 N–H and O–H groups in total. The van der Waals surface area contributed by atoms with E-state index in [1.165, 1.54) is 11.3 Å². The van der Waals surface area contributed by atoms with Crippen molar-refractivity contribution in [1.82, 2.24) is 4.98 Å². The minimum absolute atomic E-state index is 0.362. The standard InChI is InChI=1S/C13H8N2OS/c14-6-5-13-15-11(8-17-13)10-7-16-12-4-2-1-3-9(10)12/h1-4,7-8H,5H2.